The molecule has 2 N–H and O–H groups in total. The first-order valence-corrected chi connectivity index (χ1v) is 6.58. The summed E-state index contributed by atoms with van der Waals surface area (Å²) >= 11 is 0. The smallest absolute Gasteiger partial charge is 0.147 e. The van der Waals surface area contributed by atoms with Crippen molar-refractivity contribution >= 4 is 9.84 Å². The lowest BCUT2D eigenvalue weighted by atomic mass is 10.3. The van der Waals surface area contributed by atoms with Gasteiger partial charge in [0.1, 0.15) is 9.84 Å². The quantitative estimate of drug-likeness (QED) is 0.569. The van der Waals surface area contributed by atoms with Crippen LogP contribution in [0.3, 0.4) is 0 Å². The summed E-state index contributed by atoms with van der Waals surface area (Å²) < 4.78 is 21.4. The Morgan fingerprint density at radius 3 is 2.54 bits per heavy atom. The molecule has 0 aromatic heterocycles. The zero-order valence-corrected chi connectivity index (χ0v) is 9.10. The van der Waals surface area contributed by atoms with Gasteiger partial charge in [0.2, 0.25) is 0 Å². The molecule has 4 nitrogen and oxygen atoms in total. The highest BCUT2D eigenvalue weighted by Crippen LogP contribution is 1.89. The molecule has 0 saturated carbocycles. The van der Waals surface area contributed by atoms with Crippen molar-refractivity contribution < 1.29 is 13.5 Å². The Balaban J connectivity index is 3.27. The standard InChI is InChI=1S/C8H19NO3S/c1-3-8(10)7-9-5-4-6-13(2,11)12/h8-10H,3-7H2,1-2H3. The van der Waals surface area contributed by atoms with Gasteiger partial charge in [-0.15, -0.1) is 0 Å². The Morgan fingerprint density at radius 2 is 2.08 bits per heavy atom. The van der Waals surface area contributed by atoms with E-state index in [9.17, 15) is 8.42 Å². The van der Waals surface area contributed by atoms with E-state index in [2.05, 4.69) is 5.32 Å². The SMILES string of the molecule is CCC(O)CNCCCS(C)(=O)=O. The van der Waals surface area contributed by atoms with E-state index in [1.807, 2.05) is 6.92 Å². The molecule has 0 aliphatic heterocycles. The third kappa shape index (κ3) is 9.79. The number of rotatable bonds is 7. The van der Waals surface area contributed by atoms with Crippen molar-refractivity contribution in [3.05, 3.63) is 0 Å². The molecule has 0 aliphatic carbocycles. The third-order valence-electron chi connectivity index (χ3n) is 1.72. The highest BCUT2D eigenvalue weighted by atomic mass is 32.2. The Labute approximate surface area is 80.3 Å². The van der Waals surface area contributed by atoms with Crippen LogP contribution in [0.1, 0.15) is 19.8 Å². The largest absolute Gasteiger partial charge is 0.392 e. The molecule has 80 valence electrons. The maximum absolute atomic E-state index is 10.7. The number of hydrogen-bond acceptors (Lipinski definition) is 4. The second-order valence-electron chi connectivity index (χ2n) is 3.25. The number of hydrogen-bond donors (Lipinski definition) is 2. The van der Waals surface area contributed by atoms with Crippen LogP contribution in [0.4, 0.5) is 0 Å². The highest BCUT2D eigenvalue weighted by molar-refractivity contribution is 7.90. The van der Waals surface area contributed by atoms with Gasteiger partial charge in [0.25, 0.3) is 0 Å². The van der Waals surface area contributed by atoms with Gasteiger partial charge in [-0.25, -0.2) is 8.42 Å². The Bertz CT molecular complexity index is 213. The number of nitrogens with one attached hydrogen (secondary N) is 1. The second kappa shape index (κ2) is 6.34. The van der Waals surface area contributed by atoms with Crippen LogP contribution in [0.25, 0.3) is 0 Å². The lowest BCUT2D eigenvalue weighted by Crippen LogP contribution is -2.27. The molecule has 0 amide bonds. The minimum Gasteiger partial charge on any atom is -0.392 e. The van der Waals surface area contributed by atoms with Crippen LogP contribution >= 0.6 is 0 Å². The first-order chi connectivity index (χ1) is 5.95. The molecule has 0 fully saturated rings. The molecule has 0 aromatic rings. The number of sulfone groups is 1. The second-order valence-corrected chi connectivity index (χ2v) is 5.51. The van der Waals surface area contributed by atoms with E-state index in [-0.39, 0.29) is 11.9 Å². The van der Waals surface area contributed by atoms with E-state index < -0.39 is 9.84 Å². The predicted octanol–water partition coefficient (Wildman–Crippen LogP) is -0.218. The molecular formula is C8H19NO3S. The average molecular weight is 209 g/mol. The van der Waals surface area contributed by atoms with Gasteiger partial charge >= 0.3 is 0 Å². The molecule has 1 atom stereocenters. The van der Waals surface area contributed by atoms with Gasteiger partial charge in [0.15, 0.2) is 0 Å². The summed E-state index contributed by atoms with van der Waals surface area (Å²) in [6, 6.07) is 0. The monoisotopic (exact) mass is 209 g/mol. The third-order valence-corrected chi connectivity index (χ3v) is 2.75. The summed E-state index contributed by atoms with van der Waals surface area (Å²) in [5.74, 6) is 0.211. The van der Waals surface area contributed by atoms with Crippen LogP contribution in [-0.2, 0) is 9.84 Å². The zero-order chi connectivity index (χ0) is 10.3. The Morgan fingerprint density at radius 1 is 1.46 bits per heavy atom. The Hall–Kier alpha value is -0.130. The van der Waals surface area contributed by atoms with Crippen LogP contribution in [0.2, 0.25) is 0 Å². The molecule has 0 rings (SSSR count). The van der Waals surface area contributed by atoms with Crippen LogP contribution in [0.5, 0.6) is 0 Å². The van der Waals surface area contributed by atoms with E-state index in [4.69, 9.17) is 5.11 Å². The van der Waals surface area contributed by atoms with Gasteiger partial charge in [-0.3, -0.25) is 0 Å². The summed E-state index contributed by atoms with van der Waals surface area (Å²) in [5, 5.41) is 12.1. The number of aliphatic hydroxyl groups excluding tert-OH is 1. The van der Waals surface area contributed by atoms with Crippen LogP contribution in [-0.4, -0.2) is 44.7 Å². The molecule has 0 radical (unpaired) electrons. The maximum Gasteiger partial charge on any atom is 0.147 e. The van der Waals surface area contributed by atoms with E-state index in [0.29, 0.717) is 19.5 Å². The average Bonchev–Trinajstić information content (AvgIpc) is 2.01. The number of aliphatic hydroxyl groups is 1. The van der Waals surface area contributed by atoms with Crippen molar-refractivity contribution in [3.63, 3.8) is 0 Å². The fourth-order valence-electron chi connectivity index (χ4n) is 0.872. The maximum atomic E-state index is 10.7. The molecule has 1 unspecified atom stereocenters. The van der Waals surface area contributed by atoms with E-state index in [1.54, 1.807) is 0 Å². The highest BCUT2D eigenvalue weighted by Gasteiger charge is 2.02. The topological polar surface area (TPSA) is 66.4 Å². The molecule has 0 saturated heterocycles. The molecule has 0 spiro atoms. The summed E-state index contributed by atoms with van der Waals surface area (Å²) in [6.45, 7) is 3.09. The molecule has 0 aliphatic rings. The summed E-state index contributed by atoms with van der Waals surface area (Å²) in [6.07, 6.45) is 2.24. The van der Waals surface area contributed by atoms with E-state index >= 15 is 0 Å². The van der Waals surface area contributed by atoms with E-state index in [0.717, 1.165) is 6.42 Å². The molecule has 0 heterocycles. The van der Waals surface area contributed by atoms with E-state index in [1.165, 1.54) is 6.26 Å². The van der Waals surface area contributed by atoms with Gasteiger partial charge in [-0.2, -0.15) is 0 Å². The lowest BCUT2D eigenvalue weighted by Gasteiger charge is -2.08. The zero-order valence-electron chi connectivity index (χ0n) is 8.28. The molecule has 0 bridgehead atoms. The molecule has 0 aromatic carbocycles. The fourth-order valence-corrected chi connectivity index (χ4v) is 1.54. The summed E-state index contributed by atoms with van der Waals surface area (Å²) in [4.78, 5) is 0. The van der Waals surface area contributed by atoms with Crippen LogP contribution in [0, 0.1) is 0 Å². The van der Waals surface area contributed by atoms with Gasteiger partial charge in [-0.05, 0) is 19.4 Å². The van der Waals surface area contributed by atoms with Crippen molar-refractivity contribution in [1.29, 1.82) is 0 Å². The van der Waals surface area contributed by atoms with Gasteiger partial charge < -0.3 is 10.4 Å². The van der Waals surface area contributed by atoms with Crippen LogP contribution in [0.15, 0.2) is 0 Å². The summed E-state index contributed by atoms with van der Waals surface area (Å²) in [7, 11) is -2.83. The van der Waals surface area contributed by atoms with Crippen molar-refractivity contribution in [3.8, 4) is 0 Å². The predicted molar refractivity (Wildman–Crippen MR) is 53.5 cm³/mol. The van der Waals surface area contributed by atoms with Crippen molar-refractivity contribution in [2.75, 3.05) is 25.1 Å². The minimum atomic E-state index is -2.83. The normalized spacial score (nSPS) is 14.4. The molecular weight excluding hydrogens is 190 g/mol. The fraction of sp³-hybridized carbons (Fsp3) is 1.00. The van der Waals surface area contributed by atoms with Gasteiger partial charge in [0.05, 0.1) is 11.9 Å². The Kier molecular flexibility index (Phi) is 6.28. The minimum absolute atomic E-state index is 0.211. The lowest BCUT2D eigenvalue weighted by molar-refractivity contribution is 0.167. The van der Waals surface area contributed by atoms with Crippen molar-refractivity contribution in [2.45, 2.75) is 25.9 Å². The van der Waals surface area contributed by atoms with Gasteiger partial charge in [0, 0.05) is 12.8 Å². The van der Waals surface area contributed by atoms with Gasteiger partial charge in [-0.1, -0.05) is 6.92 Å². The van der Waals surface area contributed by atoms with Crippen molar-refractivity contribution in [1.82, 2.24) is 5.32 Å². The van der Waals surface area contributed by atoms with Crippen LogP contribution < -0.4 is 5.32 Å². The molecule has 5 heteroatoms. The first-order valence-electron chi connectivity index (χ1n) is 4.52. The first kappa shape index (κ1) is 12.9. The van der Waals surface area contributed by atoms with Crippen molar-refractivity contribution in [2.24, 2.45) is 0 Å². The summed E-state index contributed by atoms with van der Waals surface area (Å²) in [5.41, 5.74) is 0. The molecule has 13 heavy (non-hydrogen) atoms.